The molecule has 7 nitrogen and oxygen atoms in total. The molecule has 1 saturated carbocycles. The van der Waals surface area contributed by atoms with Gasteiger partial charge in [0, 0.05) is 37.7 Å². The smallest absolute Gasteiger partial charge is 0.222 e. The van der Waals surface area contributed by atoms with E-state index < -0.39 is 0 Å². The number of rotatable bonds is 8. The van der Waals surface area contributed by atoms with Crippen LogP contribution in [0.15, 0.2) is 47.3 Å². The molecule has 3 heterocycles. The topological polar surface area (TPSA) is 82.8 Å². The van der Waals surface area contributed by atoms with Gasteiger partial charge in [-0.3, -0.25) is 4.79 Å². The van der Waals surface area contributed by atoms with Gasteiger partial charge in [-0.25, -0.2) is 4.98 Å². The van der Waals surface area contributed by atoms with E-state index in [-0.39, 0.29) is 5.76 Å². The van der Waals surface area contributed by atoms with Gasteiger partial charge in [-0.05, 0) is 66.4 Å². The zero-order chi connectivity index (χ0) is 22.7. The second-order valence-corrected chi connectivity index (χ2v) is 9.49. The lowest BCUT2D eigenvalue weighted by atomic mass is 9.97. The summed E-state index contributed by atoms with van der Waals surface area (Å²) in [5.41, 5.74) is 1.88. The van der Waals surface area contributed by atoms with Gasteiger partial charge in [-0.2, -0.15) is 9.61 Å². The summed E-state index contributed by atoms with van der Waals surface area (Å²) in [6, 6.07) is 1.89. The quantitative estimate of drug-likeness (QED) is 0.395. The number of carbonyl (C=O) groups excluding carboxylic acids is 1. The Morgan fingerprint density at radius 3 is 2.91 bits per heavy atom. The fraction of sp³-hybridized carbons (Fsp3) is 0.458. The van der Waals surface area contributed by atoms with Crippen LogP contribution in [-0.2, 0) is 4.79 Å². The largest absolute Gasteiger partial charge is 0.507 e. The first-order valence-corrected chi connectivity index (χ1v) is 12.0. The van der Waals surface area contributed by atoms with Gasteiger partial charge in [0.15, 0.2) is 5.65 Å². The number of fused-ring (bicyclic) bond motifs is 1. The molecule has 2 aromatic heterocycles. The molecule has 0 radical (unpaired) electrons. The van der Waals surface area contributed by atoms with Crippen LogP contribution >= 0.6 is 15.9 Å². The van der Waals surface area contributed by atoms with Crippen LogP contribution in [0.4, 0.5) is 5.82 Å². The van der Waals surface area contributed by atoms with E-state index in [0.717, 1.165) is 42.8 Å². The van der Waals surface area contributed by atoms with E-state index in [4.69, 9.17) is 4.98 Å². The number of halogens is 1. The lowest BCUT2D eigenvalue weighted by Gasteiger charge is -2.33. The summed E-state index contributed by atoms with van der Waals surface area (Å²) < 4.78 is 2.53. The van der Waals surface area contributed by atoms with E-state index >= 15 is 0 Å². The molecule has 1 aliphatic heterocycles. The molecule has 8 heteroatoms. The van der Waals surface area contributed by atoms with Crippen molar-refractivity contribution in [1.82, 2.24) is 19.5 Å². The van der Waals surface area contributed by atoms with Crippen LogP contribution < -0.4 is 5.32 Å². The number of hydrogen-bond donors (Lipinski definition) is 2. The first kappa shape index (κ1) is 22.6. The molecule has 2 N–H and O–H groups in total. The summed E-state index contributed by atoms with van der Waals surface area (Å²) in [6.45, 7) is 7.97. The Morgan fingerprint density at radius 2 is 2.19 bits per heavy atom. The second-order valence-electron chi connectivity index (χ2n) is 8.63. The van der Waals surface area contributed by atoms with E-state index in [1.807, 2.05) is 30.0 Å². The third-order valence-corrected chi connectivity index (χ3v) is 6.67. The highest BCUT2D eigenvalue weighted by Crippen LogP contribution is 2.33. The molecule has 0 aromatic carbocycles. The molecule has 2 aromatic rings. The van der Waals surface area contributed by atoms with Crippen LogP contribution in [0.1, 0.15) is 44.7 Å². The highest BCUT2D eigenvalue weighted by Gasteiger charge is 2.29. The fourth-order valence-electron chi connectivity index (χ4n) is 4.18. The van der Waals surface area contributed by atoms with E-state index in [2.05, 4.69) is 32.9 Å². The van der Waals surface area contributed by atoms with E-state index in [0.29, 0.717) is 41.1 Å². The summed E-state index contributed by atoms with van der Waals surface area (Å²) in [6.07, 6.45) is 12.0. The number of carbonyl (C=O) groups is 1. The molecule has 170 valence electrons. The molecule has 2 aliphatic rings. The predicted octanol–water partition coefficient (Wildman–Crippen LogP) is 4.97. The minimum atomic E-state index is 0.0682. The van der Waals surface area contributed by atoms with Gasteiger partial charge < -0.3 is 15.3 Å². The molecule has 1 aliphatic carbocycles. The number of piperidine rings is 1. The molecule has 2 fully saturated rings. The van der Waals surface area contributed by atoms with Gasteiger partial charge >= 0.3 is 0 Å². The van der Waals surface area contributed by atoms with Crippen molar-refractivity contribution in [3.63, 3.8) is 0 Å². The highest BCUT2D eigenvalue weighted by molar-refractivity contribution is 9.10. The Kier molecular flexibility index (Phi) is 6.98. The summed E-state index contributed by atoms with van der Waals surface area (Å²) in [5.74, 6) is 2.16. The van der Waals surface area contributed by atoms with Crippen molar-refractivity contribution in [3.8, 4) is 0 Å². The van der Waals surface area contributed by atoms with Gasteiger partial charge in [-0.15, -0.1) is 0 Å². The molecule has 0 bridgehead atoms. The van der Waals surface area contributed by atoms with E-state index in [9.17, 15) is 9.90 Å². The SMILES string of the molecule is C=C/C(O)=C(\C=C/C)c1cc(NCC2CCCN(C(=O)CC3CC3)C2)n2ncc(Br)c2n1. The average Bonchev–Trinajstić information content (AvgIpc) is 3.55. The number of nitrogens with one attached hydrogen (secondary N) is 1. The van der Waals surface area contributed by atoms with Crippen LogP contribution in [0, 0.1) is 11.8 Å². The van der Waals surface area contributed by atoms with Crippen LogP contribution in [0.2, 0.25) is 0 Å². The van der Waals surface area contributed by atoms with Crippen molar-refractivity contribution in [3.05, 3.63) is 53.0 Å². The maximum Gasteiger partial charge on any atom is 0.222 e. The molecule has 4 rings (SSSR count). The number of likely N-dealkylation sites (tertiary alicyclic amines) is 1. The Balaban J connectivity index is 1.54. The fourth-order valence-corrected chi connectivity index (χ4v) is 4.53. The first-order valence-electron chi connectivity index (χ1n) is 11.2. The average molecular weight is 500 g/mol. The predicted molar refractivity (Wildman–Crippen MR) is 130 cm³/mol. The van der Waals surface area contributed by atoms with Crippen molar-refractivity contribution < 1.29 is 9.90 Å². The molecule has 1 saturated heterocycles. The molecule has 0 spiro atoms. The summed E-state index contributed by atoms with van der Waals surface area (Å²) in [4.78, 5) is 19.3. The number of anilines is 1. The molecular weight excluding hydrogens is 470 g/mol. The third kappa shape index (κ3) is 5.06. The van der Waals surface area contributed by atoms with Crippen molar-refractivity contribution in [1.29, 1.82) is 0 Å². The zero-order valence-electron chi connectivity index (χ0n) is 18.4. The van der Waals surface area contributed by atoms with Gasteiger partial charge in [-0.1, -0.05) is 18.7 Å². The van der Waals surface area contributed by atoms with Gasteiger partial charge in [0.25, 0.3) is 0 Å². The van der Waals surface area contributed by atoms with Gasteiger partial charge in [0.2, 0.25) is 5.91 Å². The molecular formula is C24H30BrN5O2. The number of aliphatic hydroxyl groups is 1. The number of nitrogens with zero attached hydrogens (tertiary/aromatic N) is 4. The molecule has 1 atom stereocenters. The van der Waals surface area contributed by atoms with Crippen LogP contribution in [0.3, 0.4) is 0 Å². The normalized spacial score (nSPS) is 19.9. The van der Waals surface area contributed by atoms with Crippen molar-refractivity contribution >= 4 is 38.9 Å². The number of allylic oxidation sites excluding steroid dienone is 4. The highest BCUT2D eigenvalue weighted by atomic mass is 79.9. The van der Waals surface area contributed by atoms with Crippen molar-refractivity contribution in [2.75, 3.05) is 25.0 Å². The third-order valence-electron chi connectivity index (χ3n) is 6.11. The zero-order valence-corrected chi connectivity index (χ0v) is 20.0. The van der Waals surface area contributed by atoms with Gasteiger partial charge in [0.05, 0.1) is 16.4 Å². The number of amides is 1. The second kappa shape index (κ2) is 9.90. The monoisotopic (exact) mass is 499 g/mol. The number of hydrogen-bond acceptors (Lipinski definition) is 5. The van der Waals surface area contributed by atoms with E-state index in [1.54, 1.807) is 10.7 Å². The van der Waals surface area contributed by atoms with Crippen LogP contribution in [-0.4, -0.2) is 50.1 Å². The van der Waals surface area contributed by atoms with E-state index in [1.165, 1.54) is 18.9 Å². The van der Waals surface area contributed by atoms with Crippen LogP contribution in [0.25, 0.3) is 11.2 Å². The Bertz CT molecular complexity index is 1070. The summed E-state index contributed by atoms with van der Waals surface area (Å²) in [5, 5.41) is 18.3. The van der Waals surface area contributed by atoms with Crippen molar-refractivity contribution in [2.24, 2.45) is 11.8 Å². The Labute approximate surface area is 197 Å². The lowest BCUT2D eigenvalue weighted by molar-refractivity contribution is -0.133. The Hall–Kier alpha value is -2.61. The lowest BCUT2D eigenvalue weighted by Crippen LogP contribution is -2.42. The first-order chi connectivity index (χ1) is 15.5. The summed E-state index contributed by atoms with van der Waals surface area (Å²) >= 11 is 3.52. The van der Waals surface area contributed by atoms with Gasteiger partial charge in [0.1, 0.15) is 11.6 Å². The van der Waals surface area contributed by atoms with Crippen LogP contribution in [0.5, 0.6) is 0 Å². The number of aliphatic hydroxyl groups excluding tert-OH is 1. The summed E-state index contributed by atoms with van der Waals surface area (Å²) in [7, 11) is 0. The molecule has 32 heavy (non-hydrogen) atoms. The standard InChI is InChI=1S/C24H30BrN5O2/c1-3-6-18(21(31)4-2)20-12-22(30-24(28-20)19(25)14-27-30)26-13-17-7-5-10-29(15-17)23(32)11-16-8-9-16/h3-4,6,12,14,16-17,26,31H,2,5,7-11,13,15H2,1H3/b6-3-,21-18-. The Morgan fingerprint density at radius 1 is 1.38 bits per heavy atom. The number of aromatic nitrogens is 3. The maximum atomic E-state index is 12.6. The molecule has 1 unspecified atom stereocenters. The maximum absolute atomic E-state index is 12.6. The molecule has 1 amide bonds. The van der Waals surface area contributed by atoms with Crippen molar-refractivity contribution in [2.45, 2.75) is 39.0 Å². The minimum absolute atomic E-state index is 0.0682. The minimum Gasteiger partial charge on any atom is -0.507 e.